The van der Waals surface area contributed by atoms with Gasteiger partial charge in [0.1, 0.15) is 12.3 Å². The highest BCUT2D eigenvalue weighted by Gasteiger charge is 2.14. The third-order valence-corrected chi connectivity index (χ3v) is 4.33. The van der Waals surface area contributed by atoms with Crippen molar-refractivity contribution in [3.05, 3.63) is 98.3 Å². The number of nitro groups is 1. The van der Waals surface area contributed by atoms with Gasteiger partial charge in [-0.25, -0.2) is 14.5 Å². The number of fused-ring (bicyclic) bond motifs is 1. The Balaban J connectivity index is 1.47. The van der Waals surface area contributed by atoms with E-state index in [1.165, 1.54) is 45.5 Å². The van der Waals surface area contributed by atoms with E-state index < -0.39 is 10.9 Å². The Morgan fingerprint density at radius 1 is 1.17 bits per heavy atom. The van der Waals surface area contributed by atoms with Gasteiger partial charge in [0.2, 0.25) is 0 Å². The summed E-state index contributed by atoms with van der Waals surface area (Å²) in [5.74, 6) is -0.679. The van der Waals surface area contributed by atoms with Gasteiger partial charge in [-0.05, 0) is 36.8 Å². The molecule has 0 aliphatic carbocycles. The first-order valence-corrected chi connectivity index (χ1v) is 8.87. The van der Waals surface area contributed by atoms with Crippen LogP contribution in [0.1, 0.15) is 21.7 Å². The summed E-state index contributed by atoms with van der Waals surface area (Å²) in [6.45, 7) is 1.69. The molecule has 150 valence electrons. The summed E-state index contributed by atoms with van der Waals surface area (Å²) < 4.78 is 8.06. The molecule has 0 unspecified atom stereocenters. The maximum absolute atomic E-state index is 12.3. The van der Waals surface area contributed by atoms with E-state index in [1.807, 2.05) is 13.0 Å². The molecule has 30 heavy (non-hydrogen) atoms. The predicted octanol–water partition coefficient (Wildman–Crippen LogP) is 2.45. The smallest absolute Gasteiger partial charge is 0.359 e. The summed E-state index contributed by atoms with van der Waals surface area (Å²) in [5, 5.41) is 14.9. The zero-order valence-corrected chi connectivity index (χ0v) is 15.8. The zero-order chi connectivity index (χ0) is 21.3. The molecule has 0 amide bonds. The van der Waals surface area contributed by atoms with Crippen LogP contribution in [-0.2, 0) is 11.3 Å². The van der Waals surface area contributed by atoms with Crippen molar-refractivity contribution in [1.29, 1.82) is 0 Å². The molecule has 0 saturated heterocycles. The summed E-state index contributed by atoms with van der Waals surface area (Å²) in [6.07, 6.45) is 3.23. The maximum atomic E-state index is 12.3. The monoisotopic (exact) mass is 405 g/mol. The van der Waals surface area contributed by atoms with Crippen LogP contribution in [-0.4, -0.2) is 30.1 Å². The number of aryl methyl sites for hydroxylation is 1. The van der Waals surface area contributed by atoms with Crippen molar-refractivity contribution in [3.8, 4) is 5.69 Å². The van der Waals surface area contributed by atoms with Gasteiger partial charge in [0.15, 0.2) is 5.69 Å². The number of non-ortho nitro benzene ring substituents is 1. The molecule has 0 bridgehead atoms. The fourth-order valence-corrected chi connectivity index (χ4v) is 2.85. The largest absolute Gasteiger partial charge is 0.454 e. The van der Waals surface area contributed by atoms with Gasteiger partial charge >= 0.3 is 5.97 Å². The number of carbonyl (C=O) groups is 1. The highest BCUT2D eigenvalue weighted by atomic mass is 16.6. The molecular weight excluding hydrogens is 390 g/mol. The molecule has 4 rings (SSSR count). The quantitative estimate of drug-likeness (QED) is 0.284. The van der Waals surface area contributed by atoms with Gasteiger partial charge in [-0.15, -0.1) is 0 Å². The third-order valence-electron chi connectivity index (χ3n) is 4.33. The highest BCUT2D eigenvalue weighted by molar-refractivity contribution is 5.87. The van der Waals surface area contributed by atoms with E-state index >= 15 is 0 Å². The van der Waals surface area contributed by atoms with Gasteiger partial charge in [-0.2, -0.15) is 5.10 Å². The van der Waals surface area contributed by atoms with Crippen LogP contribution in [0.25, 0.3) is 11.3 Å². The summed E-state index contributed by atoms with van der Waals surface area (Å²) >= 11 is 0. The lowest BCUT2D eigenvalue weighted by Crippen LogP contribution is -2.17. The number of nitro benzene ring substituents is 1. The first-order valence-electron chi connectivity index (χ1n) is 8.87. The number of benzene rings is 1. The van der Waals surface area contributed by atoms with E-state index in [9.17, 15) is 19.7 Å². The molecule has 0 atom stereocenters. The van der Waals surface area contributed by atoms with Gasteiger partial charge in [-0.3, -0.25) is 19.3 Å². The van der Waals surface area contributed by atoms with Gasteiger partial charge in [0, 0.05) is 30.6 Å². The normalized spacial score (nSPS) is 10.8. The Kier molecular flexibility index (Phi) is 4.80. The third kappa shape index (κ3) is 3.78. The van der Waals surface area contributed by atoms with E-state index in [0.29, 0.717) is 17.0 Å². The SMILES string of the molecule is Cc1ccc2nc(COC(=O)c3ccn(-c4ccc([N+](=O)[O-])cc4)n3)cc(=O)n2c1. The Morgan fingerprint density at radius 2 is 1.93 bits per heavy atom. The van der Waals surface area contributed by atoms with E-state index in [0.717, 1.165) is 5.56 Å². The lowest BCUT2D eigenvalue weighted by molar-refractivity contribution is -0.384. The van der Waals surface area contributed by atoms with Crippen LogP contribution in [0, 0.1) is 17.0 Å². The highest BCUT2D eigenvalue weighted by Crippen LogP contribution is 2.15. The van der Waals surface area contributed by atoms with Crippen LogP contribution in [0.15, 0.2) is 65.7 Å². The second-order valence-corrected chi connectivity index (χ2v) is 6.52. The number of esters is 1. The minimum Gasteiger partial charge on any atom is -0.454 e. The summed E-state index contributed by atoms with van der Waals surface area (Å²) in [7, 11) is 0. The Hall–Kier alpha value is -4.34. The van der Waals surface area contributed by atoms with Crippen LogP contribution in [0.3, 0.4) is 0 Å². The first-order chi connectivity index (χ1) is 14.4. The Morgan fingerprint density at radius 3 is 2.67 bits per heavy atom. The van der Waals surface area contributed by atoms with Crippen molar-refractivity contribution in [1.82, 2.24) is 19.2 Å². The Labute approximate surface area is 169 Å². The molecule has 0 aliphatic rings. The first kappa shape index (κ1) is 19.0. The van der Waals surface area contributed by atoms with Gasteiger partial charge in [-0.1, -0.05) is 6.07 Å². The molecule has 4 aromatic rings. The van der Waals surface area contributed by atoms with Crippen LogP contribution in [0.4, 0.5) is 5.69 Å². The van der Waals surface area contributed by atoms with Crippen molar-refractivity contribution >= 4 is 17.3 Å². The van der Waals surface area contributed by atoms with Crippen LogP contribution in [0.2, 0.25) is 0 Å². The molecule has 0 fully saturated rings. The standard InChI is InChI=1S/C20H15N5O5/c1-13-2-7-18-21-14(10-19(26)23(18)11-13)12-30-20(27)17-8-9-24(22-17)15-3-5-16(6-4-15)25(28)29/h2-11H,12H2,1H3. The molecule has 1 aromatic carbocycles. The number of pyridine rings is 1. The number of hydrogen-bond acceptors (Lipinski definition) is 7. The summed E-state index contributed by atoms with van der Waals surface area (Å²) in [5.41, 5.74) is 2.01. The number of hydrogen-bond donors (Lipinski definition) is 0. The van der Waals surface area contributed by atoms with Crippen LogP contribution in [0.5, 0.6) is 0 Å². The van der Waals surface area contributed by atoms with Gasteiger partial charge in [0.05, 0.1) is 16.3 Å². The van der Waals surface area contributed by atoms with Crippen molar-refractivity contribution in [2.75, 3.05) is 0 Å². The van der Waals surface area contributed by atoms with E-state index in [-0.39, 0.29) is 23.5 Å². The topological polar surface area (TPSA) is 122 Å². The summed E-state index contributed by atoms with van der Waals surface area (Å²) in [6, 6.07) is 12.1. The van der Waals surface area contributed by atoms with E-state index in [2.05, 4.69) is 10.1 Å². The van der Waals surface area contributed by atoms with Gasteiger partial charge in [0.25, 0.3) is 11.2 Å². The van der Waals surface area contributed by atoms with Crippen LogP contribution < -0.4 is 5.56 Å². The molecule has 0 N–H and O–H groups in total. The number of aromatic nitrogens is 4. The van der Waals surface area contributed by atoms with Crippen molar-refractivity contribution in [3.63, 3.8) is 0 Å². The van der Waals surface area contributed by atoms with Crippen LogP contribution >= 0.6 is 0 Å². The second kappa shape index (κ2) is 7.59. The zero-order valence-electron chi connectivity index (χ0n) is 15.8. The molecule has 10 heteroatoms. The molecule has 3 heterocycles. The lowest BCUT2D eigenvalue weighted by Gasteiger charge is -2.06. The van der Waals surface area contributed by atoms with Gasteiger partial charge < -0.3 is 4.74 Å². The minimum atomic E-state index is -0.679. The molecule has 0 spiro atoms. The fraction of sp³-hybridized carbons (Fsp3) is 0.100. The van der Waals surface area contributed by atoms with E-state index in [4.69, 9.17) is 4.74 Å². The predicted molar refractivity (Wildman–Crippen MR) is 106 cm³/mol. The Bertz CT molecular complexity index is 1320. The molecular formula is C20H15N5O5. The van der Waals surface area contributed by atoms with Crippen molar-refractivity contribution < 1.29 is 14.5 Å². The second-order valence-electron chi connectivity index (χ2n) is 6.52. The number of nitrogens with zero attached hydrogens (tertiary/aromatic N) is 5. The summed E-state index contributed by atoms with van der Waals surface area (Å²) in [4.78, 5) is 39.1. The number of rotatable bonds is 5. The molecule has 0 aliphatic heterocycles. The lowest BCUT2D eigenvalue weighted by atomic mass is 10.3. The molecule has 10 nitrogen and oxygen atoms in total. The average Bonchev–Trinajstić information content (AvgIpc) is 3.23. The maximum Gasteiger partial charge on any atom is 0.359 e. The fourth-order valence-electron chi connectivity index (χ4n) is 2.85. The van der Waals surface area contributed by atoms with Crippen molar-refractivity contribution in [2.24, 2.45) is 0 Å². The minimum absolute atomic E-state index is 0.0421. The molecule has 3 aromatic heterocycles. The number of carbonyl (C=O) groups excluding carboxylic acids is 1. The average molecular weight is 405 g/mol. The van der Waals surface area contributed by atoms with Crippen molar-refractivity contribution in [2.45, 2.75) is 13.5 Å². The number of ether oxygens (including phenoxy) is 1. The molecule has 0 radical (unpaired) electrons. The molecule has 0 saturated carbocycles. The van der Waals surface area contributed by atoms with E-state index in [1.54, 1.807) is 18.5 Å².